The lowest BCUT2D eigenvalue weighted by molar-refractivity contribution is 0.0238. The van der Waals surface area contributed by atoms with Gasteiger partial charge in [0.2, 0.25) is 0 Å². The molecule has 2 heterocycles. The number of nitrogens with zero attached hydrogens (tertiary/aromatic N) is 2. The monoisotopic (exact) mass is 393 g/mol. The normalized spacial score (nSPS) is 16.4. The van der Waals surface area contributed by atoms with Gasteiger partial charge in [0.1, 0.15) is 16.5 Å². The fraction of sp³-hybridized carbons (Fsp3) is 0.538. The number of aromatic nitrogens is 1. The quantitative estimate of drug-likeness (QED) is 0.448. The summed E-state index contributed by atoms with van der Waals surface area (Å²) in [6.45, 7) is 2.37. The third-order valence-corrected chi connectivity index (χ3v) is 3.67. The fourth-order valence-electron chi connectivity index (χ4n) is 1.94. The SMILES string of the molecule is O=C(OCNCC(O)c1cc(Cl)nc(Br)c1)N1CCOCC1. The van der Waals surface area contributed by atoms with Gasteiger partial charge in [0.15, 0.2) is 0 Å². The molecule has 0 bridgehead atoms. The van der Waals surface area contributed by atoms with Crippen molar-refractivity contribution < 1.29 is 19.4 Å². The molecule has 0 aliphatic carbocycles. The summed E-state index contributed by atoms with van der Waals surface area (Å²) in [6, 6.07) is 3.26. The molecule has 1 amide bonds. The van der Waals surface area contributed by atoms with Gasteiger partial charge >= 0.3 is 6.09 Å². The van der Waals surface area contributed by atoms with E-state index in [0.29, 0.717) is 41.6 Å². The van der Waals surface area contributed by atoms with Gasteiger partial charge in [-0.3, -0.25) is 5.32 Å². The lowest BCUT2D eigenvalue weighted by Crippen LogP contribution is -2.42. The largest absolute Gasteiger partial charge is 0.433 e. The zero-order valence-corrected chi connectivity index (χ0v) is 14.1. The van der Waals surface area contributed by atoms with Crippen molar-refractivity contribution in [2.24, 2.45) is 0 Å². The average molecular weight is 395 g/mol. The fourth-order valence-corrected chi connectivity index (χ4v) is 2.71. The van der Waals surface area contributed by atoms with E-state index in [2.05, 4.69) is 26.2 Å². The van der Waals surface area contributed by atoms with Gasteiger partial charge in [-0.15, -0.1) is 0 Å². The summed E-state index contributed by atoms with van der Waals surface area (Å²) < 4.78 is 10.8. The van der Waals surface area contributed by atoms with E-state index in [9.17, 15) is 9.90 Å². The number of carbonyl (C=O) groups excluding carboxylic acids is 1. The number of rotatable bonds is 5. The third-order valence-electron chi connectivity index (χ3n) is 3.07. The molecule has 122 valence electrons. The highest BCUT2D eigenvalue weighted by Gasteiger charge is 2.18. The average Bonchev–Trinajstić information content (AvgIpc) is 2.51. The van der Waals surface area contributed by atoms with Crippen molar-refractivity contribution in [2.75, 3.05) is 39.6 Å². The summed E-state index contributed by atoms with van der Waals surface area (Å²) in [6.07, 6.45) is -1.17. The highest BCUT2D eigenvalue weighted by molar-refractivity contribution is 9.10. The standard InChI is InChI=1S/C13H17BrClN3O4/c14-11-5-9(6-12(15)17-11)10(19)7-16-8-22-13(20)18-1-3-21-4-2-18/h5-6,10,16,19H,1-4,7-8H2. The van der Waals surface area contributed by atoms with E-state index in [1.54, 1.807) is 17.0 Å². The summed E-state index contributed by atoms with van der Waals surface area (Å²) in [4.78, 5) is 17.3. The molecule has 1 saturated heterocycles. The molecule has 1 aliphatic heterocycles. The molecular formula is C13H17BrClN3O4. The van der Waals surface area contributed by atoms with E-state index >= 15 is 0 Å². The van der Waals surface area contributed by atoms with Gasteiger partial charge in [-0.1, -0.05) is 11.6 Å². The Kier molecular flexibility index (Phi) is 6.84. The molecule has 0 spiro atoms. The Morgan fingerprint density at radius 2 is 2.27 bits per heavy atom. The van der Waals surface area contributed by atoms with Crippen molar-refractivity contribution in [2.45, 2.75) is 6.10 Å². The van der Waals surface area contributed by atoms with Crippen LogP contribution < -0.4 is 5.32 Å². The first-order chi connectivity index (χ1) is 10.6. The molecule has 1 atom stereocenters. The number of hydrogen-bond acceptors (Lipinski definition) is 6. The second-order valence-electron chi connectivity index (χ2n) is 4.67. The van der Waals surface area contributed by atoms with Gasteiger partial charge in [-0.2, -0.15) is 0 Å². The van der Waals surface area contributed by atoms with Crippen molar-refractivity contribution in [3.05, 3.63) is 27.5 Å². The lowest BCUT2D eigenvalue weighted by Gasteiger charge is -2.26. The van der Waals surface area contributed by atoms with Crippen LogP contribution in [0.15, 0.2) is 16.7 Å². The Hall–Kier alpha value is -0.930. The predicted octanol–water partition coefficient (Wildman–Crippen LogP) is 1.55. The molecule has 2 rings (SSSR count). The minimum absolute atomic E-state index is 0.0211. The van der Waals surface area contributed by atoms with Crippen LogP contribution in [0.5, 0.6) is 0 Å². The molecule has 1 aromatic heterocycles. The molecule has 9 heteroatoms. The van der Waals surface area contributed by atoms with Gasteiger partial charge < -0.3 is 19.5 Å². The van der Waals surface area contributed by atoms with E-state index in [1.807, 2.05) is 0 Å². The summed E-state index contributed by atoms with van der Waals surface area (Å²) in [5.74, 6) is 0. The van der Waals surface area contributed by atoms with Crippen LogP contribution in [0.4, 0.5) is 4.79 Å². The topological polar surface area (TPSA) is 83.9 Å². The zero-order chi connectivity index (χ0) is 15.9. The van der Waals surface area contributed by atoms with Crippen LogP contribution >= 0.6 is 27.5 Å². The highest BCUT2D eigenvalue weighted by atomic mass is 79.9. The third kappa shape index (κ3) is 5.36. The van der Waals surface area contributed by atoms with Gasteiger partial charge in [0.25, 0.3) is 0 Å². The van der Waals surface area contributed by atoms with Crippen molar-refractivity contribution in [3.8, 4) is 0 Å². The van der Waals surface area contributed by atoms with Crippen LogP contribution in [0.2, 0.25) is 5.15 Å². The van der Waals surface area contributed by atoms with Crippen LogP contribution in [-0.4, -0.2) is 60.7 Å². The number of hydrogen-bond donors (Lipinski definition) is 2. The maximum Gasteiger partial charge on any atom is 0.411 e. The van der Waals surface area contributed by atoms with Crippen molar-refractivity contribution >= 4 is 33.6 Å². The van der Waals surface area contributed by atoms with Crippen LogP contribution in [0, 0.1) is 0 Å². The first-order valence-corrected chi connectivity index (χ1v) is 7.94. The second kappa shape index (κ2) is 8.64. The number of morpholine rings is 1. The molecule has 1 fully saturated rings. The maximum atomic E-state index is 11.7. The Bertz CT molecular complexity index is 494. The lowest BCUT2D eigenvalue weighted by atomic mass is 10.1. The summed E-state index contributed by atoms with van der Waals surface area (Å²) in [7, 11) is 0. The first-order valence-electron chi connectivity index (χ1n) is 6.77. The molecule has 1 aromatic rings. The Morgan fingerprint density at radius 3 is 2.95 bits per heavy atom. The molecule has 1 aliphatic rings. The number of ether oxygens (including phenoxy) is 2. The molecule has 2 N–H and O–H groups in total. The zero-order valence-electron chi connectivity index (χ0n) is 11.8. The second-order valence-corrected chi connectivity index (χ2v) is 5.87. The minimum Gasteiger partial charge on any atom is -0.433 e. The smallest absolute Gasteiger partial charge is 0.411 e. The van der Waals surface area contributed by atoms with Gasteiger partial charge in [0, 0.05) is 19.6 Å². The highest BCUT2D eigenvalue weighted by Crippen LogP contribution is 2.20. The molecule has 0 aromatic carbocycles. The number of amides is 1. The number of pyridine rings is 1. The van der Waals surface area contributed by atoms with Crippen molar-refractivity contribution in [3.63, 3.8) is 0 Å². The molecule has 0 radical (unpaired) electrons. The molecular weight excluding hydrogens is 378 g/mol. The molecule has 22 heavy (non-hydrogen) atoms. The Balaban J connectivity index is 1.70. The summed E-state index contributed by atoms with van der Waals surface area (Å²) in [5, 5.41) is 13.2. The van der Waals surface area contributed by atoms with Gasteiger partial charge in [-0.05, 0) is 33.6 Å². The van der Waals surface area contributed by atoms with Crippen LogP contribution in [-0.2, 0) is 9.47 Å². The van der Waals surface area contributed by atoms with Crippen molar-refractivity contribution in [1.29, 1.82) is 0 Å². The van der Waals surface area contributed by atoms with Crippen LogP contribution in [0.3, 0.4) is 0 Å². The van der Waals surface area contributed by atoms with E-state index in [0.717, 1.165) is 0 Å². The number of aliphatic hydroxyl groups is 1. The van der Waals surface area contributed by atoms with Gasteiger partial charge in [0.05, 0.1) is 19.3 Å². The summed E-state index contributed by atoms with van der Waals surface area (Å²) >= 11 is 9.04. The number of aliphatic hydroxyl groups excluding tert-OH is 1. The molecule has 0 saturated carbocycles. The Morgan fingerprint density at radius 1 is 1.55 bits per heavy atom. The van der Waals surface area contributed by atoms with Crippen LogP contribution in [0.25, 0.3) is 0 Å². The number of halogens is 2. The summed E-state index contributed by atoms with van der Waals surface area (Å²) in [5.41, 5.74) is 0.624. The van der Waals surface area contributed by atoms with Crippen LogP contribution in [0.1, 0.15) is 11.7 Å². The predicted molar refractivity (Wildman–Crippen MR) is 83.6 cm³/mol. The Labute approximate surface area is 141 Å². The van der Waals surface area contributed by atoms with Gasteiger partial charge in [-0.25, -0.2) is 9.78 Å². The van der Waals surface area contributed by atoms with E-state index in [-0.39, 0.29) is 19.4 Å². The van der Waals surface area contributed by atoms with E-state index in [1.165, 1.54) is 0 Å². The maximum absolute atomic E-state index is 11.7. The number of nitrogens with one attached hydrogen (secondary N) is 1. The first kappa shape index (κ1) is 17.4. The minimum atomic E-state index is -0.779. The van der Waals surface area contributed by atoms with Crippen molar-refractivity contribution in [1.82, 2.24) is 15.2 Å². The molecule has 1 unspecified atom stereocenters. The van der Waals surface area contributed by atoms with E-state index in [4.69, 9.17) is 21.1 Å². The number of carbonyl (C=O) groups is 1. The van der Waals surface area contributed by atoms with E-state index < -0.39 is 6.10 Å². The molecule has 7 nitrogen and oxygen atoms in total.